The Balaban J connectivity index is 1.55. The highest BCUT2D eigenvalue weighted by Gasteiger charge is 2.21. The van der Waals surface area contributed by atoms with E-state index in [0.717, 1.165) is 37.6 Å². The quantitative estimate of drug-likeness (QED) is 0.815. The number of thiophene rings is 1. The molecule has 1 fully saturated rings. The van der Waals surface area contributed by atoms with E-state index < -0.39 is 12.1 Å². The molecule has 0 unspecified atom stereocenters. The highest BCUT2D eigenvalue weighted by molar-refractivity contribution is 7.12. The zero-order valence-electron chi connectivity index (χ0n) is 14.9. The molecule has 2 heterocycles. The SMILES string of the molecule is Cc1ccsc1C(=O)O[C@@H](C)C(=O)Nc1ccc(N2CCOCC2)cc1. The number of aryl methyl sites for hydroxylation is 1. The number of hydrogen-bond donors (Lipinski definition) is 1. The lowest BCUT2D eigenvalue weighted by molar-refractivity contribution is -0.123. The van der Waals surface area contributed by atoms with Crippen LogP contribution in [-0.4, -0.2) is 44.3 Å². The molecule has 0 radical (unpaired) electrons. The van der Waals surface area contributed by atoms with Crippen LogP contribution in [0.25, 0.3) is 0 Å². The maximum Gasteiger partial charge on any atom is 0.349 e. The molecule has 2 aromatic rings. The Morgan fingerprint density at radius 3 is 2.50 bits per heavy atom. The topological polar surface area (TPSA) is 67.9 Å². The Labute approximate surface area is 156 Å². The molecule has 0 bridgehead atoms. The standard InChI is InChI=1S/C19H22N2O4S/c1-13-7-12-26-17(13)19(23)25-14(2)18(22)20-15-3-5-16(6-4-15)21-8-10-24-11-9-21/h3-7,12,14H,8-11H2,1-2H3,(H,20,22)/t14-/m0/s1. The van der Waals surface area contributed by atoms with Gasteiger partial charge < -0.3 is 19.7 Å². The van der Waals surface area contributed by atoms with Gasteiger partial charge in [0.05, 0.1) is 13.2 Å². The molecular weight excluding hydrogens is 352 g/mol. The summed E-state index contributed by atoms with van der Waals surface area (Å²) in [6.45, 7) is 6.59. The van der Waals surface area contributed by atoms with E-state index in [1.54, 1.807) is 6.92 Å². The zero-order valence-corrected chi connectivity index (χ0v) is 15.7. The summed E-state index contributed by atoms with van der Waals surface area (Å²) in [5, 5.41) is 4.61. The number of ether oxygens (including phenoxy) is 2. The van der Waals surface area contributed by atoms with Gasteiger partial charge in [-0.1, -0.05) is 0 Å². The van der Waals surface area contributed by atoms with Crippen LogP contribution in [0.5, 0.6) is 0 Å². The molecule has 1 saturated heterocycles. The van der Waals surface area contributed by atoms with Crippen molar-refractivity contribution in [1.29, 1.82) is 0 Å². The highest BCUT2D eigenvalue weighted by atomic mass is 32.1. The lowest BCUT2D eigenvalue weighted by Crippen LogP contribution is -2.36. The lowest BCUT2D eigenvalue weighted by atomic mass is 10.2. The molecule has 1 N–H and O–H groups in total. The summed E-state index contributed by atoms with van der Waals surface area (Å²) in [7, 11) is 0. The van der Waals surface area contributed by atoms with E-state index in [-0.39, 0.29) is 5.91 Å². The first-order valence-corrected chi connectivity index (χ1v) is 9.41. The van der Waals surface area contributed by atoms with E-state index >= 15 is 0 Å². The molecule has 1 aliphatic heterocycles. The molecular formula is C19H22N2O4S. The lowest BCUT2D eigenvalue weighted by Gasteiger charge is -2.28. The van der Waals surface area contributed by atoms with Gasteiger partial charge in [-0.05, 0) is 55.1 Å². The van der Waals surface area contributed by atoms with Crippen molar-refractivity contribution in [3.63, 3.8) is 0 Å². The number of carbonyl (C=O) groups excluding carboxylic acids is 2. The summed E-state index contributed by atoms with van der Waals surface area (Å²) in [5.74, 6) is -0.825. The van der Waals surface area contributed by atoms with Crippen molar-refractivity contribution < 1.29 is 19.1 Å². The summed E-state index contributed by atoms with van der Waals surface area (Å²) in [6.07, 6.45) is -0.872. The van der Waals surface area contributed by atoms with Gasteiger partial charge in [0.25, 0.3) is 5.91 Å². The highest BCUT2D eigenvalue weighted by Crippen LogP contribution is 2.20. The van der Waals surface area contributed by atoms with Crippen LogP contribution >= 0.6 is 11.3 Å². The van der Waals surface area contributed by atoms with Crippen molar-refractivity contribution >= 4 is 34.6 Å². The molecule has 1 amide bonds. The molecule has 0 aliphatic carbocycles. The largest absolute Gasteiger partial charge is 0.448 e. The number of benzene rings is 1. The van der Waals surface area contributed by atoms with E-state index in [1.807, 2.05) is 42.6 Å². The summed E-state index contributed by atoms with van der Waals surface area (Å²) < 4.78 is 10.6. The molecule has 1 aliphatic rings. The third-order valence-corrected chi connectivity index (χ3v) is 5.21. The predicted octanol–water partition coefficient (Wildman–Crippen LogP) is 3.08. The molecule has 0 saturated carbocycles. The Kier molecular flexibility index (Phi) is 5.90. The normalized spacial score (nSPS) is 15.4. The second-order valence-corrected chi connectivity index (χ2v) is 7.03. The number of rotatable bonds is 5. The Morgan fingerprint density at radius 1 is 1.19 bits per heavy atom. The average molecular weight is 374 g/mol. The molecule has 6 nitrogen and oxygen atoms in total. The van der Waals surface area contributed by atoms with Gasteiger partial charge >= 0.3 is 5.97 Å². The van der Waals surface area contributed by atoms with E-state index in [4.69, 9.17) is 9.47 Å². The third kappa shape index (κ3) is 4.42. The minimum Gasteiger partial charge on any atom is -0.448 e. The average Bonchev–Trinajstić information content (AvgIpc) is 3.09. The fraction of sp³-hybridized carbons (Fsp3) is 0.368. The van der Waals surface area contributed by atoms with E-state index in [9.17, 15) is 9.59 Å². The molecule has 3 rings (SSSR count). The number of amides is 1. The van der Waals surface area contributed by atoms with Gasteiger partial charge in [0.1, 0.15) is 4.88 Å². The van der Waals surface area contributed by atoms with Gasteiger partial charge in [0.15, 0.2) is 6.10 Å². The minimum absolute atomic E-state index is 0.355. The predicted molar refractivity (Wildman–Crippen MR) is 102 cm³/mol. The van der Waals surface area contributed by atoms with Gasteiger partial charge in [-0.25, -0.2) is 4.79 Å². The first-order chi connectivity index (χ1) is 12.5. The fourth-order valence-corrected chi connectivity index (χ4v) is 3.48. The molecule has 1 aromatic carbocycles. The summed E-state index contributed by atoms with van der Waals surface area (Å²) in [4.78, 5) is 27.1. The second kappa shape index (κ2) is 8.33. The number of hydrogen-bond acceptors (Lipinski definition) is 6. The molecule has 26 heavy (non-hydrogen) atoms. The van der Waals surface area contributed by atoms with Crippen molar-refractivity contribution in [3.05, 3.63) is 46.2 Å². The monoisotopic (exact) mass is 374 g/mol. The van der Waals surface area contributed by atoms with Crippen LogP contribution in [0.1, 0.15) is 22.2 Å². The Morgan fingerprint density at radius 2 is 1.88 bits per heavy atom. The number of nitrogens with one attached hydrogen (secondary N) is 1. The van der Waals surface area contributed by atoms with E-state index in [0.29, 0.717) is 10.6 Å². The first-order valence-electron chi connectivity index (χ1n) is 8.53. The first kappa shape index (κ1) is 18.4. The van der Waals surface area contributed by atoms with Crippen LogP contribution in [0.4, 0.5) is 11.4 Å². The van der Waals surface area contributed by atoms with Gasteiger partial charge in [-0.3, -0.25) is 4.79 Å². The van der Waals surface area contributed by atoms with Crippen molar-refractivity contribution in [2.75, 3.05) is 36.5 Å². The maximum absolute atomic E-state index is 12.3. The maximum atomic E-state index is 12.3. The molecule has 138 valence electrons. The summed E-state index contributed by atoms with van der Waals surface area (Å²) in [6, 6.07) is 9.47. The Hall–Kier alpha value is -2.38. The summed E-state index contributed by atoms with van der Waals surface area (Å²) >= 11 is 1.31. The minimum atomic E-state index is -0.872. The smallest absolute Gasteiger partial charge is 0.349 e. The van der Waals surface area contributed by atoms with E-state index in [1.165, 1.54) is 11.3 Å². The van der Waals surface area contributed by atoms with Crippen LogP contribution in [0.2, 0.25) is 0 Å². The van der Waals surface area contributed by atoms with Crippen LogP contribution in [-0.2, 0) is 14.3 Å². The molecule has 1 atom stereocenters. The van der Waals surface area contributed by atoms with Crippen LogP contribution < -0.4 is 10.2 Å². The number of morpholine rings is 1. The molecule has 1 aromatic heterocycles. The molecule has 7 heteroatoms. The van der Waals surface area contributed by atoms with Crippen LogP contribution in [0.15, 0.2) is 35.7 Å². The van der Waals surface area contributed by atoms with Crippen molar-refractivity contribution in [2.45, 2.75) is 20.0 Å². The van der Waals surface area contributed by atoms with Gasteiger partial charge in [0.2, 0.25) is 0 Å². The number of carbonyl (C=O) groups is 2. The van der Waals surface area contributed by atoms with E-state index in [2.05, 4.69) is 10.2 Å². The molecule has 0 spiro atoms. The number of esters is 1. The van der Waals surface area contributed by atoms with Gasteiger partial charge in [0, 0.05) is 24.5 Å². The Bertz CT molecular complexity index is 766. The second-order valence-electron chi connectivity index (χ2n) is 6.12. The number of anilines is 2. The summed E-state index contributed by atoms with van der Waals surface area (Å²) in [5.41, 5.74) is 2.62. The number of nitrogens with zero attached hydrogens (tertiary/aromatic N) is 1. The third-order valence-electron chi connectivity index (χ3n) is 4.21. The van der Waals surface area contributed by atoms with Crippen molar-refractivity contribution in [1.82, 2.24) is 0 Å². The van der Waals surface area contributed by atoms with Crippen LogP contribution in [0.3, 0.4) is 0 Å². The van der Waals surface area contributed by atoms with Crippen molar-refractivity contribution in [2.24, 2.45) is 0 Å². The van der Waals surface area contributed by atoms with Crippen LogP contribution in [0, 0.1) is 6.92 Å². The van der Waals surface area contributed by atoms with Gasteiger partial charge in [-0.2, -0.15) is 0 Å². The zero-order chi connectivity index (χ0) is 18.5. The van der Waals surface area contributed by atoms with Crippen molar-refractivity contribution in [3.8, 4) is 0 Å². The van der Waals surface area contributed by atoms with Gasteiger partial charge in [-0.15, -0.1) is 11.3 Å². The fourth-order valence-electron chi connectivity index (χ4n) is 2.67.